The van der Waals surface area contributed by atoms with E-state index in [-0.39, 0.29) is 0 Å². The number of unbranched alkanes of at least 4 members (excludes halogenated alkanes) is 2. The van der Waals surface area contributed by atoms with Crippen molar-refractivity contribution in [2.24, 2.45) is 4.99 Å². The van der Waals surface area contributed by atoms with Crippen LogP contribution in [0, 0.1) is 0 Å². The van der Waals surface area contributed by atoms with Crippen molar-refractivity contribution in [1.29, 1.82) is 0 Å². The predicted molar refractivity (Wildman–Crippen MR) is 85.9 cm³/mol. The van der Waals surface area contributed by atoms with Crippen molar-refractivity contribution in [2.45, 2.75) is 59.4 Å². The molecule has 0 saturated carbocycles. The summed E-state index contributed by atoms with van der Waals surface area (Å²) in [6.07, 6.45) is 5.11. The van der Waals surface area contributed by atoms with E-state index in [1.54, 1.807) is 0 Å². The summed E-state index contributed by atoms with van der Waals surface area (Å²) in [6.45, 7) is 13.1. The van der Waals surface area contributed by atoms with E-state index in [1.807, 2.05) is 7.05 Å². The van der Waals surface area contributed by atoms with Crippen molar-refractivity contribution in [3.63, 3.8) is 0 Å². The van der Waals surface area contributed by atoms with Gasteiger partial charge in [0.2, 0.25) is 0 Å². The van der Waals surface area contributed by atoms with Crippen LogP contribution >= 0.6 is 0 Å². The molecule has 0 heterocycles. The fourth-order valence-corrected chi connectivity index (χ4v) is 2.07. The second-order valence-electron chi connectivity index (χ2n) is 5.07. The van der Waals surface area contributed by atoms with Gasteiger partial charge in [0.15, 0.2) is 5.96 Å². The van der Waals surface area contributed by atoms with Crippen LogP contribution in [0.2, 0.25) is 0 Å². The van der Waals surface area contributed by atoms with E-state index < -0.39 is 0 Å². The Bertz CT molecular complexity index is 224. The minimum absolute atomic E-state index is 0.492. The largest absolute Gasteiger partial charge is 0.355 e. The van der Waals surface area contributed by atoms with Crippen molar-refractivity contribution in [2.75, 3.05) is 33.2 Å². The zero-order valence-electron chi connectivity index (χ0n) is 13.6. The summed E-state index contributed by atoms with van der Waals surface area (Å²) in [6, 6.07) is 0.492. The lowest BCUT2D eigenvalue weighted by molar-refractivity contribution is 0.308. The molecule has 4 heteroatoms. The summed E-state index contributed by atoms with van der Waals surface area (Å²) in [5.74, 6) is 0.927. The second kappa shape index (κ2) is 12.3. The van der Waals surface area contributed by atoms with Crippen LogP contribution in [-0.2, 0) is 0 Å². The minimum Gasteiger partial charge on any atom is -0.355 e. The number of nitrogens with one attached hydrogen (secondary N) is 2. The lowest BCUT2D eigenvalue weighted by Gasteiger charge is -2.21. The number of guanidine groups is 1. The Kier molecular flexibility index (Phi) is 11.8. The molecule has 19 heavy (non-hydrogen) atoms. The van der Waals surface area contributed by atoms with Crippen LogP contribution in [0.3, 0.4) is 0 Å². The second-order valence-corrected chi connectivity index (χ2v) is 5.07. The molecule has 0 rings (SSSR count). The maximum Gasteiger partial charge on any atom is 0.191 e. The fraction of sp³-hybridized carbons (Fsp3) is 0.933. The number of rotatable bonds is 10. The van der Waals surface area contributed by atoms with Crippen LogP contribution in [0.15, 0.2) is 4.99 Å². The lowest BCUT2D eigenvalue weighted by atomic mass is 10.1. The van der Waals surface area contributed by atoms with Crippen LogP contribution in [0.25, 0.3) is 0 Å². The maximum atomic E-state index is 4.28. The van der Waals surface area contributed by atoms with Crippen LogP contribution in [0.5, 0.6) is 0 Å². The molecular weight excluding hydrogens is 236 g/mol. The van der Waals surface area contributed by atoms with E-state index in [0.717, 1.165) is 32.1 Å². The zero-order chi connectivity index (χ0) is 14.5. The Morgan fingerprint density at radius 2 is 1.84 bits per heavy atom. The summed E-state index contributed by atoms with van der Waals surface area (Å²) in [4.78, 5) is 6.69. The van der Waals surface area contributed by atoms with Crippen molar-refractivity contribution < 1.29 is 0 Å². The molecule has 0 aliphatic heterocycles. The third-order valence-corrected chi connectivity index (χ3v) is 3.46. The zero-order valence-corrected chi connectivity index (χ0v) is 13.6. The van der Waals surface area contributed by atoms with Gasteiger partial charge in [-0.25, -0.2) is 0 Å². The van der Waals surface area contributed by atoms with E-state index in [9.17, 15) is 0 Å². The molecule has 114 valence electrons. The topological polar surface area (TPSA) is 39.7 Å². The Balaban J connectivity index is 3.82. The smallest absolute Gasteiger partial charge is 0.191 e. The van der Waals surface area contributed by atoms with Gasteiger partial charge in [-0.15, -0.1) is 0 Å². The Morgan fingerprint density at radius 3 is 2.37 bits per heavy atom. The van der Waals surface area contributed by atoms with Crippen molar-refractivity contribution >= 4 is 5.96 Å². The van der Waals surface area contributed by atoms with Crippen molar-refractivity contribution in [1.82, 2.24) is 15.5 Å². The molecule has 0 radical (unpaired) electrons. The average molecular weight is 270 g/mol. The molecule has 4 nitrogen and oxygen atoms in total. The number of likely N-dealkylation sites (N-methyl/N-ethyl adjacent to an activating group) is 1. The quantitative estimate of drug-likeness (QED) is 0.364. The van der Waals surface area contributed by atoms with Gasteiger partial charge >= 0.3 is 0 Å². The fourth-order valence-electron chi connectivity index (χ4n) is 2.07. The molecular formula is C15H34N4. The van der Waals surface area contributed by atoms with Crippen LogP contribution in [0.4, 0.5) is 0 Å². The standard InChI is InChI=1S/C15H34N4/c1-6-9-10-11-14(4)18-15(16-5)17-12-13-19(7-2)8-3/h14H,6-13H2,1-5H3,(H2,16,17,18). The normalized spacial score (nSPS) is 13.7. The molecule has 0 fully saturated rings. The molecule has 0 amide bonds. The molecule has 0 aliphatic rings. The number of hydrogen-bond acceptors (Lipinski definition) is 2. The third kappa shape index (κ3) is 9.77. The van der Waals surface area contributed by atoms with Gasteiger partial charge < -0.3 is 15.5 Å². The van der Waals surface area contributed by atoms with Crippen LogP contribution in [-0.4, -0.2) is 50.1 Å². The summed E-state index contributed by atoms with van der Waals surface area (Å²) in [5.41, 5.74) is 0. The van der Waals surface area contributed by atoms with Crippen LogP contribution < -0.4 is 10.6 Å². The first-order valence-electron chi connectivity index (χ1n) is 7.87. The molecule has 0 bridgehead atoms. The van der Waals surface area contributed by atoms with Gasteiger partial charge in [0.1, 0.15) is 0 Å². The number of nitrogens with zero attached hydrogens (tertiary/aromatic N) is 2. The van der Waals surface area contributed by atoms with Gasteiger partial charge in [-0.1, -0.05) is 40.0 Å². The lowest BCUT2D eigenvalue weighted by Crippen LogP contribution is -2.44. The first kappa shape index (κ1) is 18.2. The molecule has 0 spiro atoms. The van der Waals surface area contributed by atoms with Crippen molar-refractivity contribution in [3.05, 3.63) is 0 Å². The van der Waals surface area contributed by atoms with Gasteiger partial charge in [0.25, 0.3) is 0 Å². The first-order valence-corrected chi connectivity index (χ1v) is 7.87. The highest BCUT2D eigenvalue weighted by Crippen LogP contribution is 2.02. The minimum atomic E-state index is 0.492. The molecule has 1 unspecified atom stereocenters. The summed E-state index contributed by atoms with van der Waals surface area (Å²) >= 11 is 0. The highest BCUT2D eigenvalue weighted by atomic mass is 15.2. The highest BCUT2D eigenvalue weighted by Gasteiger charge is 2.05. The van der Waals surface area contributed by atoms with E-state index in [4.69, 9.17) is 0 Å². The maximum absolute atomic E-state index is 4.28. The Hall–Kier alpha value is -0.770. The van der Waals surface area contributed by atoms with E-state index in [1.165, 1.54) is 25.7 Å². The molecule has 0 aromatic heterocycles. The third-order valence-electron chi connectivity index (χ3n) is 3.46. The van der Waals surface area contributed by atoms with Crippen LogP contribution in [0.1, 0.15) is 53.4 Å². The van der Waals surface area contributed by atoms with Gasteiger partial charge in [0.05, 0.1) is 0 Å². The van der Waals surface area contributed by atoms with Crippen molar-refractivity contribution in [3.8, 4) is 0 Å². The summed E-state index contributed by atoms with van der Waals surface area (Å²) in [5, 5.41) is 6.84. The molecule has 0 aromatic carbocycles. The highest BCUT2D eigenvalue weighted by molar-refractivity contribution is 5.79. The Morgan fingerprint density at radius 1 is 1.16 bits per heavy atom. The molecule has 1 atom stereocenters. The molecule has 0 saturated heterocycles. The molecule has 2 N–H and O–H groups in total. The van der Waals surface area contributed by atoms with Gasteiger partial charge in [-0.05, 0) is 26.4 Å². The van der Waals surface area contributed by atoms with E-state index in [0.29, 0.717) is 6.04 Å². The Labute approximate surface area is 120 Å². The van der Waals surface area contributed by atoms with E-state index >= 15 is 0 Å². The first-order chi connectivity index (χ1) is 9.17. The van der Waals surface area contributed by atoms with Gasteiger partial charge in [-0.3, -0.25) is 4.99 Å². The molecule has 0 aromatic rings. The van der Waals surface area contributed by atoms with Gasteiger partial charge in [-0.2, -0.15) is 0 Å². The average Bonchev–Trinajstić information content (AvgIpc) is 2.42. The molecule has 0 aliphatic carbocycles. The number of hydrogen-bond donors (Lipinski definition) is 2. The summed E-state index contributed by atoms with van der Waals surface area (Å²) < 4.78 is 0. The monoisotopic (exact) mass is 270 g/mol. The summed E-state index contributed by atoms with van der Waals surface area (Å²) in [7, 11) is 1.84. The predicted octanol–water partition coefficient (Wildman–Crippen LogP) is 2.46. The van der Waals surface area contributed by atoms with E-state index in [2.05, 4.69) is 48.2 Å². The SMILES string of the molecule is CCCCCC(C)NC(=NC)NCCN(CC)CC. The van der Waals surface area contributed by atoms with Gasteiger partial charge in [0, 0.05) is 26.2 Å². The number of aliphatic imine (C=N–C) groups is 1.